The van der Waals surface area contributed by atoms with Crippen molar-refractivity contribution >= 4 is 0 Å². The van der Waals surface area contributed by atoms with Gasteiger partial charge in [-0.15, -0.1) is 0 Å². The molecule has 13 rings (SSSR count). The molecule has 0 aromatic rings. The van der Waals surface area contributed by atoms with Crippen molar-refractivity contribution in [3.63, 3.8) is 0 Å². The number of fused-ring (bicyclic) bond motifs is 9. The number of piperazine rings is 2. The Bertz CT molecular complexity index is 1410. The van der Waals surface area contributed by atoms with Gasteiger partial charge in [0, 0.05) is 86.6 Å². The van der Waals surface area contributed by atoms with Crippen LogP contribution in [-0.4, -0.2) is 96.4 Å². The van der Waals surface area contributed by atoms with E-state index in [2.05, 4.69) is 31.1 Å². The Labute approximate surface area is 392 Å². The van der Waals surface area contributed by atoms with Gasteiger partial charge in [0.2, 0.25) is 0 Å². The van der Waals surface area contributed by atoms with E-state index < -0.39 is 0 Å². The Kier molecular flexibility index (Phi) is 13.1. The summed E-state index contributed by atoms with van der Waals surface area (Å²) in [5, 5.41) is 15.5. The first-order chi connectivity index (χ1) is 31.7. The average molecular weight is 879 g/mol. The highest BCUT2D eigenvalue weighted by Gasteiger charge is 2.63. The number of nitrogens with zero attached hydrogens (tertiary/aromatic N) is 2. The zero-order valence-corrected chi connectivity index (χ0v) is 41.1. The second-order valence-electron chi connectivity index (χ2n) is 26.7. The minimum absolute atomic E-state index is 0.762. The summed E-state index contributed by atoms with van der Waals surface area (Å²) in [6, 6.07) is 8.66. The molecule has 14 atom stereocenters. The number of nitrogens with one attached hydrogen (secondary N) is 4. The van der Waals surface area contributed by atoms with Crippen LogP contribution in [0.1, 0.15) is 205 Å². The van der Waals surface area contributed by atoms with Crippen molar-refractivity contribution in [1.82, 2.24) is 31.1 Å². The molecule has 4 aliphatic heterocycles. The van der Waals surface area contributed by atoms with Crippen molar-refractivity contribution in [3.8, 4) is 0 Å². The topological polar surface area (TPSA) is 54.6 Å². The van der Waals surface area contributed by atoms with Gasteiger partial charge in [0.05, 0.1) is 0 Å². The smallest absolute Gasteiger partial charge is 0.0224 e. The van der Waals surface area contributed by atoms with Gasteiger partial charge in [-0.3, -0.25) is 9.80 Å². The lowest BCUT2D eigenvalue weighted by Crippen LogP contribution is -2.58. The first-order valence-electron chi connectivity index (χ1n) is 30.2. The van der Waals surface area contributed by atoms with Crippen molar-refractivity contribution in [2.24, 2.45) is 71.0 Å². The molecule has 0 aromatic carbocycles. The summed E-state index contributed by atoms with van der Waals surface area (Å²) in [6.45, 7) is 4.73. The standard InChI is InChI=1S/C58H98N6/c1-3-7-53-47(5-1)57-55(63(53)45-23-17-39(18-24-45)37-9-13-41(14-10-37)43-21-27-49-51(35-43)61-33-31-59-49)29-30-56-58(57)48-6-2-4-8-54(48)64(56)46-25-19-40(20-26-46)38-11-15-42(16-12-38)44-22-28-50-52(36-44)62-34-32-60-50/h37-62H,1-36H2. The molecule has 9 aliphatic carbocycles. The molecule has 0 bridgehead atoms. The molecular formula is C58H98N6. The molecule has 0 amide bonds. The van der Waals surface area contributed by atoms with Crippen LogP contribution in [0.25, 0.3) is 0 Å². The fourth-order valence-corrected chi connectivity index (χ4v) is 21.7. The maximum absolute atomic E-state index is 3.90. The second kappa shape index (κ2) is 19.2. The Morgan fingerprint density at radius 2 is 0.562 bits per heavy atom. The van der Waals surface area contributed by atoms with E-state index in [0.29, 0.717) is 0 Å². The van der Waals surface area contributed by atoms with Crippen molar-refractivity contribution in [1.29, 1.82) is 0 Å². The predicted molar refractivity (Wildman–Crippen MR) is 263 cm³/mol. The molecule has 4 saturated heterocycles. The van der Waals surface area contributed by atoms with E-state index in [0.717, 1.165) is 131 Å². The summed E-state index contributed by atoms with van der Waals surface area (Å²) < 4.78 is 0. The minimum Gasteiger partial charge on any atom is -0.311 e. The van der Waals surface area contributed by atoms with E-state index in [1.165, 1.54) is 77.5 Å². The molecule has 4 heterocycles. The summed E-state index contributed by atoms with van der Waals surface area (Å²) in [5.41, 5.74) is 0. The highest BCUT2D eigenvalue weighted by Crippen LogP contribution is 2.62. The molecule has 6 heteroatoms. The number of rotatable bonds is 6. The lowest BCUT2D eigenvalue weighted by atomic mass is 9.61. The third-order valence-electron chi connectivity index (χ3n) is 24.5. The van der Waals surface area contributed by atoms with Crippen LogP contribution in [0.4, 0.5) is 0 Å². The van der Waals surface area contributed by atoms with Crippen LogP contribution < -0.4 is 21.3 Å². The van der Waals surface area contributed by atoms with Crippen LogP contribution in [0.2, 0.25) is 0 Å². The molecule has 14 unspecified atom stereocenters. The van der Waals surface area contributed by atoms with E-state index >= 15 is 0 Å². The van der Waals surface area contributed by atoms with Crippen LogP contribution in [0.15, 0.2) is 0 Å². The first kappa shape index (κ1) is 43.8. The molecule has 13 fully saturated rings. The third kappa shape index (κ3) is 8.20. The molecule has 64 heavy (non-hydrogen) atoms. The molecule has 0 radical (unpaired) electrons. The lowest BCUT2D eigenvalue weighted by molar-refractivity contribution is 0.00689. The first-order valence-corrected chi connectivity index (χ1v) is 30.2. The fraction of sp³-hybridized carbons (Fsp3) is 1.00. The molecule has 13 aliphatic rings. The SMILES string of the molecule is C1CCC2C(C1)C1C3C4CCCCC4N(C4CCC(C5CCC(C6CCC7NCCNC7C6)CC5)CC4)C3CCC1N2C1CCC(C2CCC(C3CCC4NCCNC4C3)CC2)CC1. The van der Waals surface area contributed by atoms with Gasteiger partial charge in [0.25, 0.3) is 0 Å². The van der Waals surface area contributed by atoms with Gasteiger partial charge < -0.3 is 21.3 Å². The van der Waals surface area contributed by atoms with Gasteiger partial charge in [-0.1, -0.05) is 25.7 Å². The molecule has 0 spiro atoms. The van der Waals surface area contributed by atoms with Gasteiger partial charge in [-0.2, -0.15) is 0 Å². The highest BCUT2D eigenvalue weighted by atomic mass is 15.3. The molecule has 4 N–H and O–H groups in total. The maximum atomic E-state index is 3.90. The van der Waals surface area contributed by atoms with Gasteiger partial charge in [-0.25, -0.2) is 0 Å². The van der Waals surface area contributed by atoms with Gasteiger partial charge in [-0.05, 0) is 251 Å². The van der Waals surface area contributed by atoms with Crippen LogP contribution in [-0.2, 0) is 0 Å². The van der Waals surface area contributed by atoms with E-state index in [1.54, 1.807) is 154 Å². The van der Waals surface area contributed by atoms with E-state index in [4.69, 9.17) is 0 Å². The number of hydrogen-bond acceptors (Lipinski definition) is 6. The second-order valence-corrected chi connectivity index (χ2v) is 26.7. The number of likely N-dealkylation sites (tertiary alicyclic amines) is 2. The summed E-state index contributed by atoms with van der Waals surface area (Å²) in [7, 11) is 0. The van der Waals surface area contributed by atoms with Crippen LogP contribution in [0, 0.1) is 71.0 Å². The Balaban J connectivity index is 0.625. The summed E-state index contributed by atoms with van der Waals surface area (Å²) in [6.07, 6.45) is 49.2. The third-order valence-corrected chi connectivity index (χ3v) is 24.5. The normalized spacial score (nSPS) is 53.8. The number of hydrogen-bond donors (Lipinski definition) is 4. The predicted octanol–water partition coefficient (Wildman–Crippen LogP) is 10.7. The summed E-state index contributed by atoms with van der Waals surface area (Å²) >= 11 is 0. The largest absolute Gasteiger partial charge is 0.311 e. The van der Waals surface area contributed by atoms with E-state index in [-0.39, 0.29) is 0 Å². The average Bonchev–Trinajstić information content (AvgIpc) is 3.89. The molecule has 6 nitrogen and oxygen atoms in total. The van der Waals surface area contributed by atoms with Crippen molar-refractivity contribution in [2.45, 2.75) is 266 Å². The summed E-state index contributed by atoms with van der Waals surface area (Å²) in [4.78, 5) is 6.80. The molecule has 360 valence electrons. The van der Waals surface area contributed by atoms with Crippen molar-refractivity contribution < 1.29 is 0 Å². The van der Waals surface area contributed by atoms with Crippen LogP contribution in [0.5, 0.6) is 0 Å². The minimum atomic E-state index is 0.762. The zero-order valence-electron chi connectivity index (χ0n) is 41.1. The molecule has 0 aromatic heterocycles. The monoisotopic (exact) mass is 879 g/mol. The van der Waals surface area contributed by atoms with Gasteiger partial charge in [0.15, 0.2) is 0 Å². The summed E-state index contributed by atoms with van der Waals surface area (Å²) in [5.74, 6) is 12.4. The van der Waals surface area contributed by atoms with E-state index in [9.17, 15) is 0 Å². The molecular weight excluding hydrogens is 781 g/mol. The van der Waals surface area contributed by atoms with E-state index in [1.807, 2.05) is 0 Å². The van der Waals surface area contributed by atoms with Crippen molar-refractivity contribution in [3.05, 3.63) is 0 Å². The lowest BCUT2D eigenvalue weighted by Gasteiger charge is -2.49. The Morgan fingerprint density at radius 1 is 0.250 bits per heavy atom. The maximum Gasteiger partial charge on any atom is 0.0224 e. The Morgan fingerprint density at radius 3 is 0.953 bits per heavy atom. The van der Waals surface area contributed by atoms with Crippen LogP contribution in [0.3, 0.4) is 0 Å². The quantitative estimate of drug-likeness (QED) is 0.213. The van der Waals surface area contributed by atoms with Gasteiger partial charge >= 0.3 is 0 Å². The van der Waals surface area contributed by atoms with Gasteiger partial charge in [0.1, 0.15) is 0 Å². The highest BCUT2D eigenvalue weighted by molar-refractivity contribution is 5.16. The van der Waals surface area contributed by atoms with Crippen LogP contribution >= 0.6 is 0 Å². The fourth-order valence-electron chi connectivity index (χ4n) is 21.7. The molecule has 9 saturated carbocycles. The Hall–Kier alpha value is -0.240. The van der Waals surface area contributed by atoms with Crippen molar-refractivity contribution in [2.75, 3.05) is 26.2 Å². The zero-order chi connectivity index (χ0) is 42.1.